The highest BCUT2D eigenvalue weighted by atomic mass is 16.5. The summed E-state index contributed by atoms with van der Waals surface area (Å²) in [4.78, 5) is 24.5. The highest BCUT2D eigenvalue weighted by molar-refractivity contribution is 5.98. The normalized spacial score (nSPS) is 11.3. The zero-order valence-corrected chi connectivity index (χ0v) is 14.7. The molecule has 0 aromatic heterocycles. The topological polar surface area (TPSA) is 79.2 Å². The standard InChI is InChI=1S/C20H20N2O3/c1-12-8-13(2)18(14(3)9-12)22-19(23)15(4)25-20(24)17-7-5-6-16(10-17)11-21/h5-10,15H,1-4H3,(H,22,23)/t15-/m0/s1. The Bertz CT molecular complexity index is 842. The number of carbonyl (C=O) groups is 2. The molecule has 0 spiro atoms. The van der Waals surface area contributed by atoms with E-state index in [0.717, 1.165) is 22.4 Å². The van der Waals surface area contributed by atoms with Gasteiger partial charge in [0.05, 0.1) is 17.2 Å². The second kappa shape index (κ2) is 7.63. The smallest absolute Gasteiger partial charge is 0.338 e. The van der Waals surface area contributed by atoms with E-state index < -0.39 is 18.0 Å². The van der Waals surface area contributed by atoms with E-state index in [0.29, 0.717) is 5.56 Å². The molecule has 0 saturated heterocycles. The molecule has 1 N–H and O–H groups in total. The Balaban J connectivity index is 2.08. The molecule has 25 heavy (non-hydrogen) atoms. The highest BCUT2D eigenvalue weighted by Crippen LogP contribution is 2.22. The Hall–Kier alpha value is -3.13. The minimum Gasteiger partial charge on any atom is -0.449 e. The van der Waals surface area contributed by atoms with Crippen molar-refractivity contribution in [1.82, 2.24) is 0 Å². The summed E-state index contributed by atoms with van der Waals surface area (Å²) in [7, 11) is 0. The predicted molar refractivity (Wildman–Crippen MR) is 95.3 cm³/mol. The van der Waals surface area contributed by atoms with Gasteiger partial charge in [-0.3, -0.25) is 4.79 Å². The van der Waals surface area contributed by atoms with Crippen LogP contribution in [0.2, 0.25) is 0 Å². The van der Waals surface area contributed by atoms with Crippen LogP contribution in [0.1, 0.15) is 39.5 Å². The van der Waals surface area contributed by atoms with Gasteiger partial charge in [0.25, 0.3) is 5.91 Å². The molecule has 0 aliphatic rings. The molecule has 0 fully saturated rings. The van der Waals surface area contributed by atoms with Crippen LogP contribution in [-0.4, -0.2) is 18.0 Å². The van der Waals surface area contributed by atoms with Crippen LogP contribution in [0, 0.1) is 32.1 Å². The Kier molecular flexibility index (Phi) is 5.56. The Morgan fingerprint density at radius 2 is 1.76 bits per heavy atom. The molecule has 2 rings (SSSR count). The van der Waals surface area contributed by atoms with Gasteiger partial charge in [0.15, 0.2) is 6.10 Å². The number of rotatable bonds is 4. The molecule has 2 aromatic carbocycles. The summed E-state index contributed by atoms with van der Waals surface area (Å²) < 4.78 is 5.21. The number of nitriles is 1. The first kappa shape index (κ1) is 18.2. The number of carbonyl (C=O) groups excluding carboxylic acids is 2. The lowest BCUT2D eigenvalue weighted by Gasteiger charge is -2.17. The summed E-state index contributed by atoms with van der Waals surface area (Å²) in [5.74, 6) is -1.04. The highest BCUT2D eigenvalue weighted by Gasteiger charge is 2.20. The van der Waals surface area contributed by atoms with E-state index in [-0.39, 0.29) is 5.56 Å². The Labute approximate surface area is 147 Å². The van der Waals surface area contributed by atoms with Crippen LogP contribution in [0.15, 0.2) is 36.4 Å². The molecule has 2 aromatic rings. The number of hydrogen-bond acceptors (Lipinski definition) is 4. The molecular weight excluding hydrogens is 316 g/mol. The maximum atomic E-state index is 12.4. The summed E-state index contributed by atoms with van der Waals surface area (Å²) in [5.41, 5.74) is 4.34. The van der Waals surface area contributed by atoms with Crippen molar-refractivity contribution in [3.8, 4) is 6.07 Å². The summed E-state index contributed by atoms with van der Waals surface area (Å²) >= 11 is 0. The van der Waals surface area contributed by atoms with Crippen LogP contribution in [0.5, 0.6) is 0 Å². The number of benzene rings is 2. The van der Waals surface area contributed by atoms with Crippen molar-refractivity contribution < 1.29 is 14.3 Å². The number of ether oxygens (including phenoxy) is 1. The fourth-order valence-corrected chi connectivity index (χ4v) is 2.60. The quantitative estimate of drug-likeness (QED) is 0.864. The second-order valence-electron chi connectivity index (χ2n) is 6.00. The molecule has 0 heterocycles. The minimum absolute atomic E-state index is 0.237. The van der Waals surface area contributed by atoms with Crippen molar-refractivity contribution in [3.63, 3.8) is 0 Å². The molecule has 5 heteroatoms. The van der Waals surface area contributed by atoms with Crippen LogP contribution in [0.25, 0.3) is 0 Å². The molecule has 5 nitrogen and oxygen atoms in total. The van der Waals surface area contributed by atoms with E-state index in [1.165, 1.54) is 13.0 Å². The van der Waals surface area contributed by atoms with Gasteiger partial charge in [-0.15, -0.1) is 0 Å². The molecule has 0 radical (unpaired) electrons. The first-order chi connectivity index (χ1) is 11.8. The summed E-state index contributed by atoms with van der Waals surface area (Å²) in [6, 6.07) is 12.1. The van der Waals surface area contributed by atoms with Gasteiger partial charge < -0.3 is 10.1 Å². The van der Waals surface area contributed by atoms with Gasteiger partial charge in [-0.2, -0.15) is 5.26 Å². The third-order valence-corrected chi connectivity index (χ3v) is 3.81. The zero-order valence-electron chi connectivity index (χ0n) is 14.7. The van der Waals surface area contributed by atoms with E-state index in [2.05, 4.69) is 5.32 Å². The lowest BCUT2D eigenvalue weighted by atomic mass is 10.0. The molecule has 1 atom stereocenters. The first-order valence-corrected chi connectivity index (χ1v) is 7.91. The van der Waals surface area contributed by atoms with Gasteiger partial charge >= 0.3 is 5.97 Å². The first-order valence-electron chi connectivity index (χ1n) is 7.91. The van der Waals surface area contributed by atoms with E-state index in [9.17, 15) is 9.59 Å². The molecule has 128 valence electrons. The molecule has 0 aliphatic carbocycles. The third kappa shape index (κ3) is 4.45. The van der Waals surface area contributed by atoms with Gasteiger partial charge in [-0.05, 0) is 57.0 Å². The van der Waals surface area contributed by atoms with Crippen molar-refractivity contribution in [2.24, 2.45) is 0 Å². The lowest BCUT2D eigenvalue weighted by Crippen LogP contribution is -2.30. The van der Waals surface area contributed by atoms with Crippen LogP contribution in [0.4, 0.5) is 5.69 Å². The average molecular weight is 336 g/mol. The second-order valence-corrected chi connectivity index (χ2v) is 6.00. The van der Waals surface area contributed by atoms with Crippen LogP contribution < -0.4 is 5.32 Å². The molecule has 0 aliphatic heterocycles. The minimum atomic E-state index is -0.960. The number of nitrogens with one attached hydrogen (secondary N) is 1. The van der Waals surface area contributed by atoms with Crippen molar-refractivity contribution in [1.29, 1.82) is 5.26 Å². The van der Waals surface area contributed by atoms with Gasteiger partial charge in [-0.1, -0.05) is 23.8 Å². The van der Waals surface area contributed by atoms with Crippen LogP contribution >= 0.6 is 0 Å². The molecule has 0 bridgehead atoms. The van der Waals surface area contributed by atoms with Crippen molar-refractivity contribution >= 4 is 17.6 Å². The maximum Gasteiger partial charge on any atom is 0.338 e. The summed E-state index contributed by atoms with van der Waals surface area (Å²) in [5, 5.41) is 11.7. The third-order valence-electron chi connectivity index (χ3n) is 3.81. The number of anilines is 1. The average Bonchev–Trinajstić information content (AvgIpc) is 2.57. The summed E-state index contributed by atoms with van der Waals surface area (Å²) in [6.45, 7) is 7.34. The molecule has 0 unspecified atom stereocenters. The lowest BCUT2D eigenvalue weighted by molar-refractivity contribution is -0.123. The molecular formula is C20H20N2O3. The number of hydrogen-bond donors (Lipinski definition) is 1. The fraction of sp³-hybridized carbons (Fsp3) is 0.250. The largest absolute Gasteiger partial charge is 0.449 e. The van der Waals surface area contributed by atoms with Crippen LogP contribution in [-0.2, 0) is 9.53 Å². The number of amides is 1. The van der Waals surface area contributed by atoms with Gasteiger partial charge in [0.1, 0.15) is 0 Å². The van der Waals surface area contributed by atoms with E-state index in [4.69, 9.17) is 10.00 Å². The van der Waals surface area contributed by atoms with E-state index >= 15 is 0 Å². The van der Waals surface area contributed by atoms with Gasteiger partial charge in [0, 0.05) is 5.69 Å². The van der Waals surface area contributed by atoms with E-state index in [1.54, 1.807) is 18.2 Å². The number of aryl methyl sites for hydroxylation is 3. The van der Waals surface area contributed by atoms with Gasteiger partial charge in [-0.25, -0.2) is 4.79 Å². The van der Waals surface area contributed by atoms with Crippen molar-refractivity contribution in [3.05, 3.63) is 64.2 Å². The van der Waals surface area contributed by atoms with Crippen molar-refractivity contribution in [2.45, 2.75) is 33.8 Å². The zero-order chi connectivity index (χ0) is 18.6. The van der Waals surface area contributed by atoms with Crippen LogP contribution in [0.3, 0.4) is 0 Å². The van der Waals surface area contributed by atoms with E-state index in [1.807, 2.05) is 39.0 Å². The van der Waals surface area contributed by atoms with Crippen molar-refractivity contribution in [2.75, 3.05) is 5.32 Å². The Morgan fingerprint density at radius 1 is 1.12 bits per heavy atom. The molecule has 1 amide bonds. The van der Waals surface area contributed by atoms with Gasteiger partial charge in [0.2, 0.25) is 0 Å². The number of esters is 1. The monoisotopic (exact) mass is 336 g/mol. The predicted octanol–water partition coefficient (Wildman–Crippen LogP) is 3.67. The Morgan fingerprint density at radius 3 is 2.36 bits per heavy atom. The maximum absolute atomic E-state index is 12.4. The molecule has 0 saturated carbocycles. The summed E-state index contributed by atoms with van der Waals surface area (Å²) in [6.07, 6.45) is -0.960. The fourth-order valence-electron chi connectivity index (χ4n) is 2.60. The SMILES string of the molecule is Cc1cc(C)c(NC(=O)[C@H](C)OC(=O)c2cccc(C#N)c2)c(C)c1. The number of nitrogens with zero attached hydrogens (tertiary/aromatic N) is 1.